The van der Waals surface area contributed by atoms with E-state index in [0.717, 1.165) is 45.0 Å². The van der Waals surface area contributed by atoms with E-state index < -0.39 is 0 Å². The van der Waals surface area contributed by atoms with E-state index in [0.29, 0.717) is 17.5 Å². The topological polar surface area (TPSA) is 79.6 Å². The zero-order valence-electron chi connectivity index (χ0n) is 14.7. The first-order chi connectivity index (χ1) is 12.2. The van der Waals surface area contributed by atoms with Crippen LogP contribution in [0.15, 0.2) is 22.9 Å². The molecule has 2 unspecified atom stereocenters. The van der Waals surface area contributed by atoms with Crippen molar-refractivity contribution in [3.63, 3.8) is 0 Å². The number of morpholine rings is 1. The number of hydrogen-bond donors (Lipinski definition) is 1. The molecule has 2 atom stereocenters. The smallest absolute Gasteiger partial charge is 0.278 e. The van der Waals surface area contributed by atoms with Crippen molar-refractivity contribution < 1.29 is 9.26 Å². The van der Waals surface area contributed by atoms with Crippen LogP contribution in [0.4, 0.5) is 11.6 Å². The van der Waals surface area contributed by atoms with E-state index in [4.69, 9.17) is 9.26 Å². The largest absolute Gasteiger partial charge is 0.372 e. The van der Waals surface area contributed by atoms with Gasteiger partial charge < -0.3 is 24.4 Å². The van der Waals surface area contributed by atoms with Crippen LogP contribution in [0, 0.1) is 0 Å². The van der Waals surface area contributed by atoms with E-state index in [2.05, 4.69) is 44.1 Å². The summed E-state index contributed by atoms with van der Waals surface area (Å²) in [5.41, 5.74) is 1.81. The van der Waals surface area contributed by atoms with Gasteiger partial charge in [-0.15, -0.1) is 0 Å². The van der Waals surface area contributed by atoms with Crippen molar-refractivity contribution in [2.45, 2.75) is 26.1 Å². The molecule has 134 valence electrons. The minimum absolute atomic E-state index is 0.211. The number of piperazine rings is 1. The first-order valence-corrected chi connectivity index (χ1v) is 8.85. The number of aromatic nitrogens is 3. The Morgan fingerprint density at radius 2 is 1.88 bits per heavy atom. The number of nitrogens with zero attached hydrogens (tertiary/aromatic N) is 5. The minimum Gasteiger partial charge on any atom is -0.372 e. The molecule has 0 aliphatic carbocycles. The molecule has 2 aromatic heterocycles. The second-order valence-corrected chi connectivity index (χ2v) is 6.70. The first kappa shape index (κ1) is 16.3. The number of rotatable bonds is 3. The van der Waals surface area contributed by atoms with Crippen molar-refractivity contribution in [1.82, 2.24) is 20.4 Å². The molecule has 0 aromatic carbocycles. The van der Waals surface area contributed by atoms with Crippen LogP contribution in [-0.2, 0) is 4.74 Å². The third kappa shape index (κ3) is 3.59. The lowest BCUT2D eigenvalue weighted by atomic mass is 10.2. The SMILES string of the molecule is CC1CN(c2ccnc(-c3nc(N4CCNCC4)no3)c2)CC(C)O1. The summed E-state index contributed by atoms with van der Waals surface area (Å²) in [6.07, 6.45) is 2.22. The van der Waals surface area contributed by atoms with Crippen LogP contribution >= 0.6 is 0 Å². The average Bonchev–Trinajstić information content (AvgIpc) is 3.12. The van der Waals surface area contributed by atoms with Gasteiger partial charge in [0.1, 0.15) is 5.69 Å². The van der Waals surface area contributed by atoms with Crippen molar-refractivity contribution in [2.75, 3.05) is 49.1 Å². The molecule has 2 fully saturated rings. The maximum atomic E-state index is 5.81. The Balaban J connectivity index is 1.54. The van der Waals surface area contributed by atoms with Crippen LogP contribution in [0.2, 0.25) is 0 Å². The van der Waals surface area contributed by atoms with Gasteiger partial charge in [0.15, 0.2) is 0 Å². The van der Waals surface area contributed by atoms with E-state index in [-0.39, 0.29) is 12.2 Å². The van der Waals surface area contributed by atoms with Crippen LogP contribution in [0.5, 0.6) is 0 Å². The summed E-state index contributed by atoms with van der Waals surface area (Å²) in [5, 5.41) is 7.44. The zero-order chi connectivity index (χ0) is 17.2. The Labute approximate surface area is 147 Å². The highest BCUT2D eigenvalue weighted by Crippen LogP contribution is 2.25. The third-order valence-corrected chi connectivity index (χ3v) is 4.56. The normalized spacial score (nSPS) is 24.6. The molecule has 8 heteroatoms. The molecular weight excluding hydrogens is 320 g/mol. The van der Waals surface area contributed by atoms with E-state index >= 15 is 0 Å². The molecule has 2 saturated heterocycles. The molecule has 0 bridgehead atoms. The molecule has 2 aromatic rings. The predicted molar refractivity (Wildman–Crippen MR) is 94.8 cm³/mol. The van der Waals surface area contributed by atoms with Gasteiger partial charge in [0.25, 0.3) is 11.8 Å². The zero-order valence-corrected chi connectivity index (χ0v) is 14.7. The Bertz CT molecular complexity index is 705. The number of pyridine rings is 1. The van der Waals surface area contributed by atoms with Crippen molar-refractivity contribution >= 4 is 11.6 Å². The van der Waals surface area contributed by atoms with Gasteiger partial charge in [-0.25, -0.2) is 0 Å². The summed E-state index contributed by atoms with van der Waals surface area (Å²) in [6, 6.07) is 4.03. The number of ether oxygens (including phenoxy) is 1. The van der Waals surface area contributed by atoms with Gasteiger partial charge in [-0.1, -0.05) is 0 Å². The van der Waals surface area contributed by atoms with Gasteiger partial charge in [0.2, 0.25) is 0 Å². The van der Waals surface area contributed by atoms with E-state index in [1.165, 1.54) is 0 Å². The van der Waals surface area contributed by atoms with E-state index in [1.54, 1.807) is 6.20 Å². The lowest BCUT2D eigenvalue weighted by Gasteiger charge is -2.36. The molecular formula is C17H24N6O2. The highest BCUT2D eigenvalue weighted by molar-refractivity contribution is 5.59. The van der Waals surface area contributed by atoms with Gasteiger partial charge in [0, 0.05) is 51.2 Å². The summed E-state index contributed by atoms with van der Waals surface area (Å²) in [5.74, 6) is 1.10. The summed E-state index contributed by atoms with van der Waals surface area (Å²) in [6.45, 7) is 9.57. The summed E-state index contributed by atoms with van der Waals surface area (Å²) in [7, 11) is 0. The molecule has 2 aliphatic heterocycles. The molecule has 0 radical (unpaired) electrons. The van der Waals surface area contributed by atoms with E-state index in [9.17, 15) is 0 Å². The molecule has 1 N–H and O–H groups in total. The lowest BCUT2D eigenvalue weighted by molar-refractivity contribution is -0.00521. The van der Waals surface area contributed by atoms with Crippen LogP contribution in [-0.4, -0.2) is 66.6 Å². The summed E-state index contributed by atoms with van der Waals surface area (Å²) < 4.78 is 11.3. The first-order valence-electron chi connectivity index (χ1n) is 8.85. The maximum absolute atomic E-state index is 5.81. The Kier molecular flexibility index (Phi) is 4.54. The van der Waals surface area contributed by atoms with Crippen LogP contribution in [0.1, 0.15) is 13.8 Å². The van der Waals surface area contributed by atoms with Crippen molar-refractivity contribution in [3.8, 4) is 11.6 Å². The Morgan fingerprint density at radius 3 is 2.64 bits per heavy atom. The number of nitrogens with one attached hydrogen (secondary N) is 1. The Morgan fingerprint density at radius 1 is 1.12 bits per heavy atom. The van der Waals surface area contributed by atoms with Crippen molar-refractivity contribution in [1.29, 1.82) is 0 Å². The molecule has 4 heterocycles. The quantitative estimate of drug-likeness (QED) is 0.888. The average molecular weight is 344 g/mol. The molecule has 2 aliphatic rings. The molecule has 0 amide bonds. The maximum Gasteiger partial charge on any atom is 0.278 e. The number of hydrogen-bond acceptors (Lipinski definition) is 8. The molecule has 25 heavy (non-hydrogen) atoms. The monoisotopic (exact) mass is 344 g/mol. The van der Waals surface area contributed by atoms with Crippen molar-refractivity contribution in [2.24, 2.45) is 0 Å². The third-order valence-electron chi connectivity index (χ3n) is 4.56. The highest BCUT2D eigenvalue weighted by atomic mass is 16.5. The standard InChI is InChI=1S/C17H24N6O2/c1-12-10-23(11-13(2)24-12)14-3-4-19-15(9-14)16-20-17(21-25-16)22-7-5-18-6-8-22/h3-4,9,12-13,18H,5-8,10-11H2,1-2H3. The van der Waals surface area contributed by atoms with E-state index in [1.807, 2.05) is 12.1 Å². The second kappa shape index (κ2) is 6.97. The molecule has 0 spiro atoms. The van der Waals surface area contributed by atoms with Gasteiger partial charge in [-0.05, 0) is 31.1 Å². The summed E-state index contributed by atoms with van der Waals surface area (Å²) >= 11 is 0. The fourth-order valence-electron chi connectivity index (χ4n) is 3.43. The lowest BCUT2D eigenvalue weighted by Crippen LogP contribution is -2.45. The van der Waals surface area contributed by atoms with Crippen LogP contribution in [0.25, 0.3) is 11.6 Å². The molecule has 8 nitrogen and oxygen atoms in total. The predicted octanol–water partition coefficient (Wildman–Crippen LogP) is 1.15. The fourth-order valence-corrected chi connectivity index (χ4v) is 3.43. The molecule has 0 saturated carbocycles. The Hall–Kier alpha value is -2.19. The second-order valence-electron chi connectivity index (χ2n) is 6.70. The van der Waals surface area contributed by atoms with Gasteiger partial charge in [0.05, 0.1) is 12.2 Å². The summed E-state index contributed by atoms with van der Waals surface area (Å²) in [4.78, 5) is 13.4. The minimum atomic E-state index is 0.211. The number of anilines is 2. The van der Waals surface area contributed by atoms with Gasteiger partial charge in [-0.3, -0.25) is 4.98 Å². The highest BCUT2D eigenvalue weighted by Gasteiger charge is 2.23. The van der Waals surface area contributed by atoms with Gasteiger partial charge >= 0.3 is 0 Å². The van der Waals surface area contributed by atoms with Crippen molar-refractivity contribution in [3.05, 3.63) is 18.3 Å². The fraction of sp³-hybridized carbons (Fsp3) is 0.588. The van der Waals surface area contributed by atoms with Gasteiger partial charge in [-0.2, -0.15) is 4.98 Å². The van der Waals surface area contributed by atoms with Crippen LogP contribution in [0.3, 0.4) is 0 Å². The van der Waals surface area contributed by atoms with Crippen LogP contribution < -0.4 is 15.1 Å². The molecule has 4 rings (SSSR count).